The maximum absolute atomic E-state index is 6.31. The molecule has 5 nitrogen and oxygen atoms in total. The summed E-state index contributed by atoms with van der Waals surface area (Å²) >= 11 is 12.3. The van der Waals surface area contributed by atoms with Crippen LogP contribution in [0.5, 0.6) is 0 Å². The van der Waals surface area contributed by atoms with E-state index in [2.05, 4.69) is 22.7 Å². The molecule has 1 aromatic heterocycles. The minimum atomic E-state index is -0.00747. The van der Waals surface area contributed by atoms with Crippen molar-refractivity contribution in [3.8, 4) is 0 Å². The molecule has 0 saturated heterocycles. The van der Waals surface area contributed by atoms with E-state index >= 15 is 0 Å². The predicted octanol–water partition coefficient (Wildman–Crippen LogP) is 5.64. The van der Waals surface area contributed by atoms with Crippen molar-refractivity contribution in [3.63, 3.8) is 0 Å². The summed E-state index contributed by atoms with van der Waals surface area (Å²) in [5, 5.41) is 12.0. The van der Waals surface area contributed by atoms with E-state index < -0.39 is 0 Å². The summed E-state index contributed by atoms with van der Waals surface area (Å²) in [6, 6.07) is 5.51. The topological polar surface area (TPSA) is 62.5 Å². The number of aliphatic imine (C=N–C) groups is 1. The third-order valence-electron chi connectivity index (χ3n) is 4.23. The van der Waals surface area contributed by atoms with Gasteiger partial charge in [-0.3, -0.25) is 4.99 Å². The number of benzene rings is 1. The monoisotopic (exact) mass is 524 g/mol. The summed E-state index contributed by atoms with van der Waals surface area (Å²) in [5.41, 5.74) is 3.02. The lowest BCUT2D eigenvalue weighted by molar-refractivity contribution is 0.391. The largest absolute Gasteiger partial charge is 0.361 e. The molecule has 150 valence electrons. The Kier molecular flexibility index (Phi) is 9.90. The molecule has 2 N–H and O–H groups in total. The molecule has 0 aliphatic rings. The van der Waals surface area contributed by atoms with Crippen molar-refractivity contribution >= 4 is 53.1 Å². The van der Waals surface area contributed by atoms with Gasteiger partial charge in [0, 0.05) is 34.6 Å². The fourth-order valence-corrected chi connectivity index (χ4v) is 3.54. The molecule has 1 aromatic carbocycles. The normalized spacial score (nSPS) is 13.7. The Labute approximate surface area is 188 Å². The minimum Gasteiger partial charge on any atom is -0.361 e. The average Bonchev–Trinajstić information content (AvgIpc) is 2.91. The first-order valence-electron chi connectivity index (χ1n) is 8.76. The van der Waals surface area contributed by atoms with Crippen molar-refractivity contribution in [1.29, 1.82) is 0 Å². The number of aryl methyl sites for hydroxylation is 2. The summed E-state index contributed by atoms with van der Waals surface area (Å²) in [6.07, 6.45) is 0. The molecule has 0 bridgehead atoms. The fourth-order valence-electron chi connectivity index (χ4n) is 2.97. The van der Waals surface area contributed by atoms with Gasteiger partial charge >= 0.3 is 0 Å². The fraction of sp³-hybridized carbons (Fsp3) is 0.474. The molecule has 2 rings (SSSR count). The molecule has 0 aliphatic heterocycles. The van der Waals surface area contributed by atoms with E-state index in [1.165, 1.54) is 0 Å². The van der Waals surface area contributed by atoms with Gasteiger partial charge in [-0.05, 0) is 45.4 Å². The summed E-state index contributed by atoms with van der Waals surface area (Å²) in [5.74, 6) is 1.81. The van der Waals surface area contributed by atoms with Gasteiger partial charge < -0.3 is 15.2 Å². The van der Waals surface area contributed by atoms with E-state index in [4.69, 9.17) is 32.7 Å². The highest BCUT2D eigenvalue weighted by molar-refractivity contribution is 14.0. The number of halogens is 3. The molecule has 0 fully saturated rings. The van der Waals surface area contributed by atoms with Gasteiger partial charge in [0.15, 0.2) is 5.96 Å². The molecule has 1 heterocycles. The maximum atomic E-state index is 6.31. The van der Waals surface area contributed by atoms with E-state index in [1.54, 1.807) is 6.07 Å². The number of nitrogens with zero attached hydrogens (tertiary/aromatic N) is 2. The molecule has 2 unspecified atom stereocenters. The Morgan fingerprint density at radius 3 is 2.52 bits per heavy atom. The van der Waals surface area contributed by atoms with Crippen LogP contribution < -0.4 is 10.6 Å². The maximum Gasteiger partial charge on any atom is 0.191 e. The molecule has 8 heteroatoms. The molecular weight excluding hydrogens is 498 g/mol. The van der Waals surface area contributed by atoms with Crippen molar-refractivity contribution < 1.29 is 4.52 Å². The number of guanidine groups is 1. The second-order valence-corrected chi connectivity index (χ2v) is 7.23. The SMILES string of the molecule is CCNC(=NCC(C)c1c(C)noc1C)NC(C)c1ccc(Cl)cc1Cl.I. The molecule has 2 aromatic rings. The van der Waals surface area contributed by atoms with Gasteiger partial charge in [0.25, 0.3) is 0 Å². The first-order valence-corrected chi connectivity index (χ1v) is 9.51. The van der Waals surface area contributed by atoms with Crippen LogP contribution in [0.3, 0.4) is 0 Å². The van der Waals surface area contributed by atoms with Crippen LogP contribution in [0.4, 0.5) is 0 Å². The number of hydrogen-bond donors (Lipinski definition) is 2. The van der Waals surface area contributed by atoms with E-state index in [0.717, 1.165) is 35.1 Å². The Morgan fingerprint density at radius 2 is 1.96 bits per heavy atom. The van der Waals surface area contributed by atoms with Crippen molar-refractivity contribution in [2.75, 3.05) is 13.1 Å². The smallest absolute Gasteiger partial charge is 0.191 e. The lowest BCUT2D eigenvalue weighted by atomic mass is 10.00. The van der Waals surface area contributed by atoms with E-state index in [9.17, 15) is 0 Å². The van der Waals surface area contributed by atoms with E-state index in [1.807, 2.05) is 39.8 Å². The molecule has 0 aliphatic carbocycles. The Balaban J connectivity index is 0.00000364. The highest BCUT2D eigenvalue weighted by Gasteiger charge is 2.17. The second kappa shape index (κ2) is 11.1. The summed E-state index contributed by atoms with van der Waals surface area (Å²) in [7, 11) is 0. The number of nitrogens with one attached hydrogen (secondary N) is 2. The second-order valence-electron chi connectivity index (χ2n) is 6.39. The van der Waals surface area contributed by atoms with Gasteiger partial charge in [0.2, 0.25) is 0 Å². The summed E-state index contributed by atoms with van der Waals surface area (Å²) in [4.78, 5) is 4.72. The van der Waals surface area contributed by atoms with Gasteiger partial charge in [0.05, 0.1) is 11.7 Å². The average molecular weight is 525 g/mol. The van der Waals surface area contributed by atoms with Crippen LogP contribution in [-0.2, 0) is 0 Å². The van der Waals surface area contributed by atoms with Gasteiger partial charge in [-0.25, -0.2) is 0 Å². The third-order valence-corrected chi connectivity index (χ3v) is 4.79. The van der Waals surface area contributed by atoms with Crippen LogP contribution >= 0.6 is 47.2 Å². The lowest BCUT2D eigenvalue weighted by Crippen LogP contribution is -2.39. The number of hydrogen-bond acceptors (Lipinski definition) is 3. The van der Waals surface area contributed by atoms with Crippen molar-refractivity contribution in [2.24, 2.45) is 4.99 Å². The Hall–Kier alpha value is -0.990. The van der Waals surface area contributed by atoms with Crippen LogP contribution in [0.15, 0.2) is 27.7 Å². The standard InChI is InChI=1S/C19H26Cl2N4O.HI/c1-6-22-19(23-10-11(2)18-13(4)25-26-14(18)5)24-12(3)16-8-7-15(20)9-17(16)21;/h7-9,11-12H,6,10H2,1-5H3,(H2,22,23,24);1H. The van der Waals surface area contributed by atoms with Crippen molar-refractivity contribution in [1.82, 2.24) is 15.8 Å². The predicted molar refractivity (Wildman–Crippen MR) is 124 cm³/mol. The van der Waals surface area contributed by atoms with Crippen LogP contribution in [0.1, 0.15) is 55.3 Å². The molecule has 0 saturated carbocycles. The highest BCUT2D eigenvalue weighted by Crippen LogP contribution is 2.26. The first kappa shape index (κ1) is 24.0. The molecule has 0 amide bonds. The van der Waals surface area contributed by atoms with Crippen molar-refractivity contribution in [2.45, 2.75) is 46.6 Å². The molecular formula is C19H27Cl2IN4O. The van der Waals surface area contributed by atoms with Gasteiger partial charge in [-0.15, -0.1) is 24.0 Å². The van der Waals surface area contributed by atoms with Crippen molar-refractivity contribution in [3.05, 3.63) is 50.8 Å². The quantitative estimate of drug-likeness (QED) is 0.292. The molecule has 0 radical (unpaired) electrons. The Bertz CT molecular complexity index is 760. The molecule has 27 heavy (non-hydrogen) atoms. The number of aromatic nitrogens is 1. The zero-order valence-electron chi connectivity index (χ0n) is 16.3. The van der Waals surface area contributed by atoms with Crippen LogP contribution in [0.25, 0.3) is 0 Å². The summed E-state index contributed by atoms with van der Waals surface area (Å²) in [6.45, 7) is 11.5. The third kappa shape index (κ3) is 6.54. The number of rotatable bonds is 6. The van der Waals surface area contributed by atoms with Crippen LogP contribution in [0.2, 0.25) is 10.0 Å². The first-order chi connectivity index (χ1) is 12.3. The zero-order valence-corrected chi connectivity index (χ0v) is 20.1. The van der Waals surface area contributed by atoms with E-state index in [0.29, 0.717) is 16.6 Å². The van der Waals surface area contributed by atoms with Gasteiger partial charge in [0.1, 0.15) is 5.76 Å². The van der Waals surface area contributed by atoms with Crippen LogP contribution in [0, 0.1) is 13.8 Å². The lowest BCUT2D eigenvalue weighted by Gasteiger charge is -2.20. The molecule has 2 atom stereocenters. The zero-order chi connectivity index (χ0) is 19.3. The van der Waals surface area contributed by atoms with Gasteiger partial charge in [-0.1, -0.05) is 41.3 Å². The highest BCUT2D eigenvalue weighted by atomic mass is 127. The molecule has 0 spiro atoms. The summed E-state index contributed by atoms with van der Waals surface area (Å²) < 4.78 is 5.26. The van der Waals surface area contributed by atoms with Gasteiger partial charge in [-0.2, -0.15) is 0 Å². The van der Waals surface area contributed by atoms with Crippen LogP contribution in [-0.4, -0.2) is 24.2 Å². The minimum absolute atomic E-state index is 0. The Morgan fingerprint density at radius 1 is 1.26 bits per heavy atom. The van der Waals surface area contributed by atoms with E-state index in [-0.39, 0.29) is 35.9 Å².